The minimum Gasteiger partial charge on any atom is -0.388 e. The molecule has 0 bridgehead atoms. The summed E-state index contributed by atoms with van der Waals surface area (Å²) < 4.78 is 11.0. The number of ketones is 1. The number of Topliss-reactive ketones (excluding diaryl/α,β-unsaturated/α-hetero) is 1. The normalized spacial score (nSPS) is 43.3. The van der Waals surface area contributed by atoms with Gasteiger partial charge in [-0.1, -0.05) is 31.6 Å². The van der Waals surface area contributed by atoms with Crippen molar-refractivity contribution in [3.8, 4) is 0 Å². The molecule has 4 heteroatoms. The third-order valence-corrected chi connectivity index (χ3v) is 8.51. The average molecular weight is 375 g/mol. The van der Waals surface area contributed by atoms with Crippen LogP contribution in [0.25, 0.3) is 0 Å². The molecule has 0 aromatic heterocycles. The maximum atomic E-state index is 12.3. The molecule has 0 unspecified atom stereocenters. The quantitative estimate of drug-likeness (QED) is 0.583. The van der Waals surface area contributed by atoms with Gasteiger partial charge in [0.1, 0.15) is 13.4 Å². The van der Waals surface area contributed by atoms with Gasteiger partial charge in [0.2, 0.25) is 0 Å². The van der Waals surface area contributed by atoms with Crippen LogP contribution in [-0.2, 0) is 14.3 Å². The average Bonchev–Trinajstić information content (AvgIpc) is 3.02. The summed E-state index contributed by atoms with van der Waals surface area (Å²) >= 11 is 0. The lowest BCUT2D eigenvalue weighted by atomic mass is 9.47. The van der Waals surface area contributed by atoms with E-state index < -0.39 is 0 Å². The number of aliphatic hydroxyl groups is 1. The Morgan fingerprint density at radius 2 is 1.93 bits per heavy atom. The number of ether oxygens (including phenoxy) is 2. The third-order valence-electron chi connectivity index (χ3n) is 8.51. The predicted octanol–water partition coefficient (Wildman–Crippen LogP) is 4.04. The minimum absolute atomic E-state index is 0.0402. The van der Waals surface area contributed by atoms with Gasteiger partial charge in [-0.05, 0) is 79.1 Å². The van der Waals surface area contributed by atoms with Crippen LogP contribution in [0.5, 0.6) is 0 Å². The Morgan fingerprint density at radius 1 is 1.15 bits per heavy atom. The van der Waals surface area contributed by atoms with E-state index in [4.69, 9.17) is 9.47 Å². The third kappa shape index (κ3) is 2.95. The van der Waals surface area contributed by atoms with Gasteiger partial charge in [0.15, 0.2) is 5.78 Å². The van der Waals surface area contributed by atoms with Crippen molar-refractivity contribution < 1.29 is 19.4 Å². The van der Waals surface area contributed by atoms with E-state index >= 15 is 0 Å². The van der Waals surface area contributed by atoms with Crippen LogP contribution in [-0.4, -0.2) is 37.5 Å². The van der Waals surface area contributed by atoms with Gasteiger partial charge in [-0.25, -0.2) is 0 Å². The number of hydrogen-bond donors (Lipinski definition) is 1. The first kappa shape index (κ1) is 19.4. The van der Waals surface area contributed by atoms with Gasteiger partial charge in [0.25, 0.3) is 0 Å². The number of hydrogen-bond acceptors (Lipinski definition) is 4. The fraction of sp³-hybridized carbons (Fsp3) is 0.783. The summed E-state index contributed by atoms with van der Waals surface area (Å²) in [4.78, 5) is 12.3. The molecule has 0 spiro atoms. The molecule has 0 radical (unpaired) electrons. The standard InChI is InChI=1S/C23H34O4/c1-22-10-8-16(27-14-26-3)12-15(22)4-5-17-18-6-7-20(21(25)13-24)23(18,2)11-9-19(17)22/h4,7,16-19,24H,5-6,8-14H2,1-3H3/t16-,17-,18-,19-,22-,23-/m0/s1. The van der Waals surface area contributed by atoms with Crippen LogP contribution in [0.4, 0.5) is 0 Å². The zero-order chi connectivity index (χ0) is 19.2. The smallest absolute Gasteiger partial charge is 0.184 e. The van der Waals surface area contributed by atoms with Gasteiger partial charge < -0.3 is 14.6 Å². The summed E-state index contributed by atoms with van der Waals surface area (Å²) in [5, 5.41) is 9.39. The van der Waals surface area contributed by atoms with Gasteiger partial charge in [-0.2, -0.15) is 0 Å². The lowest BCUT2D eigenvalue weighted by molar-refractivity contribution is -0.120. The van der Waals surface area contributed by atoms with Crippen molar-refractivity contribution in [2.24, 2.45) is 28.6 Å². The number of aliphatic hydroxyl groups excluding tert-OH is 1. The van der Waals surface area contributed by atoms with Crippen molar-refractivity contribution in [1.82, 2.24) is 0 Å². The van der Waals surface area contributed by atoms with E-state index in [0.717, 1.165) is 37.7 Å². The molecule has 4 rings (SSSR count). The lowest BCUT2D eigenvalue weighted by Crippen LogP contribution is -2.50. The second-order valence-corrected chi connectivity index (χ2v) is 9.59. The highest BCUT2D eigenvalue weighted by molar-refractivity contribution is 5.98. The lowest BCUT2D eigenvalue weighted by Gasteiger charge is -2.57. The van der Waals surface area contributed by atoms with Gasteiger partial charge in [-0.3, -0.25) is 4.79 Å². The number of rotatable bonds is 5. The summed E-state index contributed by atoms with van der Waals surface area (Å²) in [6.45, 7) is 4.78. The molecule has 27 heavy (non-hydrogen) atoms. The van der Waals surface area contributed by atoms with Crippen molar-refractivity contribution in [3.63, 3.8) is 0 Å². The Labute approximate surface area is 163 Å². The molecule has 0 aliphatic heterocycles. The summed E-state index contributed by atoms with van der Waals surface area (Å²) in [7, 11) is 1.68. The molecular formula is C23H34O4. The fourth-order valence-electron chi connectivity index (χ4n) is 7.02. The molecule has 6 atom stereocenters. The maximum absolute atomic E-state index is 12.3. The van der Waals surface area contributed by atoms with Gasteiger partial charge in [0, 0.05) is 7.11 Å². The summed E-state index contributed by atoms with van der Waals surface area (Å²) in [6, 6.07) is 0. The van der Waals surface area contributed by atoms with Crippen LogP contribution in [0.3, 0.4) is 0 Å². The molecule has 0 amide bonds. The van der Waals surface area contributed by atoms with E-state index in [1.165, 1.54) is 12.8 Å². The monoisotopic (exact) mass is 374 g/mol. The molecule has 2 saturated carbocycles. The number of fused-ring (bicyclic) bond motifs is 5. The number of methoxy groups -OCH3 is 1. The van der Waals surface area contributed by atoms with Crippen LogP contribution < -0.4 is 0 Å². The van der Waals surface area contributed by atoms with E-state index in [1.54, 1.807) is 12.7 Å². The fourth-order valence-corrected chi connectivity index (χ4v) is 7.02. The van der Waals surface area contributed by atoms with Gasteiger partial charge >= 0.3 is 0 Å². The number of allylic oxidation sites excluding steroid dienone is 2. The topological polar surface area (TPSA) is 55.8 Å². The van der Waals surface area contributed by atoms with E-state index in [1.807, 2.05) is 0 Å². The summed E-state index contributed by atoms with van der Waals surface area (Å²) in [6.07, 6.45) is 12.6. The molecule has 4 aliphatic rings. The highest BCUT2D eigenvalue weighted by Gasteiger charge is 2.57. The molecular weight excluding hydrogens is 340 g/mol. The van der Waals surface area contributed by atoms with Gasteiger partial charge in [0.05, 0.1) is 6.10 Å². The van der Waals surface area contributed by atoms with E-state index in [9.17, 15) is 9.90 Å². The summed E-state index contributed by atoms with van der Waals surface area (Å²) in [5.74, 6) is 1.83. The first-order valence-electron chi connectivity index (χ1n) is 10.6. The zero-order valence-corrected chi connectivity index (χ0v) is 17.0. The number of carbonyl (C=O) groups is 1. The second kappa shape index (κ2) is 7.13. The molecule has 0 aromatic rings. The van der Waals surface area contributed by atoms with Crippen molar-refractivity contribution in [1.29, 1.82) is 0 Å². The molecule has 0 saturated heterocycles. The van der Waals surface area contributed by atoms with Crippen LogP contribution in [0.2, 0.25) is 0 Å². The molecule has 4 aliphatic carbocycles. The Balaban J connectivity index is 1.55. The SMILES string of the molecule is COCO[C@H]1CC[C@@]2(C)C(=CC[C@@H]3[C@@H]2CC[C@]2(C)C(C(=O)CO)=CC[C@@H]32)C1. The molecule has 0 aromatic carbocycles. The molecule has 1 N–H and O–H groups in total. The minimum atomic E-state index is -0.354. The molecule has 0 heterocycles. The van der Waals surface area contributed by atoms with E-state index in [-0.39, 0.29) is 29.3 Å². The van der Waals surface area contributed by atoms with Crippen molar-refractivity contribution in [2.75, 3.05) is 20.5 Å². The van der Waals surface area contributed by atoms with E-state index in [0.29, 0.717) is 24.5 Å². The first-order valence-corrected chi connectivity index (χ1v) is 10.6. The van der Waals surface area contributed by atoms with Crippen LogP contribution in [0.15, 0.2) is 23.3 Å². The van der Waals surface area contributed by atoms with Crippen molar-refractivity contribution in [3.05, 3.63) is 23.3 Å². The van der Waals surface area contributed by atoms with Gasteiger partial charge in [-0.15, -0.1) is 0 Å². The second-order valence-electron chi connectivity index (χ2n) is 9.59. The Kier molecular flexibility index (Phi) is 5.11. The first-order chi connectivity index (χ1) is 12.9. The molecule has 2 fully saturated rings. The Morgan fingerprint density at radius 3 is 2.67 bits per heavy atom. The molecule has 150 valence electrons. The maximum Gasteiger partial charge on any atom is 0.184 e. The Bertz CT molecular complexity index is 665. The Hall–Kier alpha value is -0.970. The van der Waals surface area contributed by atoms with Crippen molar-refractivity contribution >= 4 is 5.78 Å². The number of carbonyl (C=O) groups excluding carboxylic acids is 1. The van der Waals surface area contributed by atoms with Crippen LogP contribution in [0.1, 0.15) is 58.8 Å². The van der Waals surface area contributed by atoms with Crippen molar-refractivity contribution in [2.45, 2.75) is 64.9 Å². The highest BCUT2D eigenvalue weighted by atomic mass is 16.7. The highest BCUT2D eigenvalue weighted by Crippen LogP contribution is 2.65. The predicted molar refractivity (Wildman–Crippen MR) is 104 cm³/mol. The van der Waals surface area contributed by atoms with Crippen LogP contribution in [0, 0.1) is 28.6 Å². The van der Waals surface area contributed by atoms with Crippen LogP contribution >= 0.6 is 0 Å². The summed E-state index contributed by atoms with van der Waals surface area (Å²) in [5.41, 5.74) is 2.74. The van der Waals surface area contributed by atoms with E-state index in [2.05, 4.69) is 26.0 Å². The zero-order valence-electron chi connectivity index (χ0n) is 17.0. The largest absolute Gasteiger partial charge is 0.388 e. The molecule has 4 nitrogen and oxygen atoms in total.